The van der Waals surface area contributed by atoms with Gasteiger partial charge in [0.25, 0.3) is 0 Å². The Bertz CT molecular complexity index is 1400. The Morgan fingerprint density at radius 3 is 2.54 bits per heavy atom. The fourth-order valence-electron chi connectivity index (χ4n) is 6.03. The molecule has 0 unspecified atom stereocenters. The van der Waals surface area contributed by atoms with Crippen molar-refractivity contribution in [3.8, 4) is 5.75 Å². The molecule has 1 N–H and O–H groups in total. The van der Waals surface area contributed by atoms with Gasteiger partial charge >= 0.3 is 12.1 Å². The third-order valence-electron chi connectivity index (χ3n) is 7.86. The van der Waals surface area contributed by atoms with E-state index in [4.69, 9.17) is 9.47 Å². The molecule has 5 rings (SSSR count). The van der Waals surface area contributed by atoms with Gasteiger partial charge in [-0.1, -0.05) is 6.07 Å². The third kappa shape index (κ3) is 6.04. The first-order chi connectivity index (χ1) is 19.5. The molecule has 2 aromatic carbocycles. The Morgan fingerprint density at radius 2 is 1.88 bits per heavy atom. The number of aromatic amines is 1. The first-order valence-corrected chi connectivity index (χ1v) is 13.5. The van der Waals surface area contributed by atoms with Gasteiger partial charge < -0.3 is 14.5 Å². The van der Waals surface area contributed by atoms with Crippen molar-refractivity contribution in [3.63, 3.8) is 0 Å². The predicted molar refractivity (Wildman–Crippen MR) is 140 cm³/mol. The first kappa shape index (κ1) is 29.2. The minimum atomic E-state index is -4.62. The van der Waals surface area contributed by atoms with Crippen LogP contribution in [0.1, 0.15) is 53.0 Å². The zero-order valence-electron chi connectivity index (χ0n) is 22.7. The molecular formula is C29H31F6N3O3. The number of nitrogens with zero attached hydrogens (tertiary/aromatic N) is 2. The summed E-state index contributed by atoms with van der Waals surface area (Å²) in [4.78, 5) is 18.2. The van der Waals surface area contributed by atoms with Crippen LogP contribution in [0.4, 0.5) is 26.3 Å². The van der Waals surface area contributed by atoms with Crippen molar-refractivity contribution in [2.75, 3.05) is 40.0 Å². The number of methoxy groups -OCH3 is 1. The average Bonchev–Trinajstić information content (AvgIpc) is 3.51. The number of nitrogens with one attached hydrogen (secondary N) is 1. The number of hydrogen-bond acceptors (Lipinski definition) is 5. The van der Waals surface area contributed by atoms with Crippen LogP contribution in [0.2, 0.25) is 0 Å². The van der Waals surface area contributed by atoms with Gasteiger partial charge in [-0.2, -0.15) is 13.2 Å². The highest BCUT2D eigenvalue weighted by molar-refractivity contribution is 5.96. The van der Waals surface area contributed by atoms with Gasteiger partial charge in [0.15, 0.2) is 0 Å². The second kappa shape index (κ2) is 11.6. The highest BCUT2D eigenvalue weighted by Crippen LogP contribution is 2.44. The van der Waals surface area contributed by atoms with E-state index in [2.05, 4.69) is 4.98 Å². The number of likely N-dealkylation sites (tertiary alicyclic amines) is 1. The standard InChI is InChI=1S/C29H31F6N3O3/c1-16-10-21-20-5-4-17(28(39)40-2)11-24(20)36-26(21)27(38(16)15-29(33,34)35)25-22(31)12-19(13-23(25)32)41-18-6-9-37(14-18)8-3-7-30/h4-5,11-13,16,18,27,36H,3,6-10,14-15H2,1-2H3/t16-,18+,27+/m1/s1. The van der Waals surface area contributed by atoms with Crippen molar-refractivity contribution in [1.82, 2.24) is 14.8 Å². The van der Waals surface area contributed by atoms with E-state index in [-0.39, 0.29) is 29.5 Å². The maximum absolute atomic E-state index is 15.8. The van der Waals surface area contributed by atoms with Gasteiger partial charge in [-0.3, -0.25) is 14.2 Å². The number of benzene rings is 2. The lowest BCUT2D eigenvalue weighted by Crippen LogP contribution is -2.47. The van der Waals surface area contributed by atoms with E-state index in [0.717, 1.165) is 17.0 Å². The van der Waals surface area contributed by atoms with Gasteiger partial charge in [-0.05, 0) is 43.9 Å². The molecule has 41 heavy (non-hydrogen) atoms. The third-order valence-corrected chi connectivity index (χ3v) is 7.86. The van der Waals surface area contributed by atoms with Crippen LogP contribution < -0.4 is 4.74 Å². The minimum absolute atomic E-state index is 0.0630. The van der Waals surface area contributed by atoms with E-state index >= 15 is 8.78 Å². The summed E-state index contributed by atoms with van der Waals surface area (Å²) in [6, 6.07) is 4.59. The number of H-pyrrole nitrogens is 1. The molecule has 222 valence electrons. The van der Waals surface area contributed by atoms with Crippen LogP contribution in [-0.2, 0) is 11.2 Å². The van der Waals surface area contributed by atoms with Crippen LogP contribution in [0.15, 0.2) is 30.3 Å². The number of carbonyl (C=O) groups is 1. The highest BCUT2D eigenvalue weighted by atomic mass is 19.4. The number of carbonyl (C=O) groups excluding carboxylic acids is 1. The maximum Gasteiger partial charge on any atom is 0.401 e. The molecule has 0 radical (unpaired) electrons. The smallest absolute Gasteiger partial charge is 0.401 e. The fraction of sp³-hybridized carbons (Fsp3) is 0.483. The molecule has 3 heterocycles. The van der Waals surface area contributed by atoms with Crippen LogP contribution >= 0.6 is 0 Å². The molecule has 2 aliphatic rings. The molecule has 3 atom stereocenters. The molecular weight excluding hydrogens is 552 g/mol. The van der Waals surface area contributed by atoms with E-state index in [9.17, 15) is 22.4 Å². The molecule has 3 aromatic rings. The minimum Gasteiger partial charge on any atom is -0.489 e. The summed E-state index contributed by atoms with van der Waals surface area (Å²) in [5, 5.41) is 0.649. The number of esters is 1. The van der Waals surface area contributed by atoms with Crippen LogP contribution in [0.3, 0.4) is 0 Å². The Labute approximate surface area is 233 Å². The molecule has 0 amide bonds. The lowest BCUT2D eigenvalue weighted by atomic mass is 9.88. The van der Waals surface area contributed by atoms with Gasteiger partial charge in [0, 0.05) is 60.0 Å². The second-order valence-corrected chi connectivity index (χ2v) is 10.7. The van der Waals surface area contributed by atoms with E-state index in [1.807, 2.05) is 4.90 Å². The van der Waals surface area contributed by atoms with Crippen LogP contribution in [0, 0.1) is 11.6 Å². The van der Waals surface area contributed by atoms with Crippen LogP contribution in [0.25, 0.3) is 10.9 Å². The van der Waals surface area contributed by atoms with Crippen molar-refractivity contribution in [2.24, 2.45) is 0 Å². The Hall–Kier alpha value is -3.25. The Kier molecular flexibility index (Phi) is 8.24. The van der Waals surface area contributed by atoms with Gasteiger partial charge in [0.2, 0.25) is 0 Å². The number of rotatable bonds is 8. The van der Waals surface area contributed by atoms with Crippen molar-refractivity contribution < 1.29 is 40.6 Å². The lowest BCUT2D eigenvalue weighted by Gasteiger charge is -2.41. The normalized spacial score (nSPS) is 21.8. The summed E-state index contributed by atoms with van der Waals surface area (Å²) in [5.74, 6) is -2.72. The van der Waals surface area contributed by atoms with Crippen molar-refractivity contribution in [2.45, 2.75) is 50.6 Å². The van der Waals surface area contributed by atoms with Crippen LogP contribution in [0.5, 0.6) is 5.75 Å². The number of halogens is 6. The molecule has 12 heteroatoms. The number of fused-ring (bicyclic) bond motifs is 3. The highest BCUT2D eigenvalue weighted by Gasteiger charge is 2.44. The largest absolute Gasteiger partial charge is 0.489 e. The summed E-state index contributed by atoms with van der Waals surface area (Å²) in [7, 11) is 1.23. The van der Waals surface area contributed by atoms with E-state index in [0.29, 0.717) is 48.9 Å². The second-order valence-electron chi connectivity index (χ2n) is 10.7. The lowest BCUT2D eigenvalue weighted by molar-refractivity contribution is -0.155. The van der Waals surface area contributed by atoms with Crippen molar-refractivity contribution >= 4 is 16.9 Å². The molecule has 6 nitrogen and oxygen atoms in total. The van der Waals surface area contributed by atoms with Gasteiger partial charge in [0.1, 0.15) is 23.5 Å². The molecule has 1 saturated heterocycles. The van der Waals surface area contributed by atoms with Crippen molar-refractivity contribution in [1.29, 1.82) is 0 Å². The molecule has 2 aliphatic heterocycles. The first-order valence-electron chi connectivity index (χ1n) is 13.5. The average molecular weight is 584 g/mol. The topological polar surface area (TPSA) is 57.8 Å². The summed E-state index contributed by atoms with van der Waals surface area (Å²) in [5.41, 5.74) is 1.01. The van der Waals surface area contributed by atoms with Gasteiger partial charge in [0.05, 0.1) is 31.9 Å². The van der Waals surface area contributed by atoms with Crippen molar-refractivity contribution in [3.05, 3.63) is 64.4 Å². The zero-order chi connectivity index (χ0) is 29.5. The number of aromatic nitrogens is 1. The zero-order valence-corrected chi connectivity index (χ0v) is 22.7. The number of alkyl halides is 4. The Morgan fingerprint density at radius 1 is 1.15 bits per heavy atom. The molecule has 0 aliphatic carbocycles. The predicted octanol–water partition coefficient (Wildman–Crippen LogP) is 5.94. The summed E-state index contributed by atoms with van der Waals surface area (Å²) in [6.07, 6.45) is -3.79. The maximum atomic E-state index is 15.8. The number of ether oxygens (including phenoxy) is 2. The van der Waals surface area contributed by atoms with Gasteiger partial charge in [-0.15, -0.1) is 0 Å². The molecule has 0 saturated carbocycles. The number of hydrogen-bond donors (Lipinski definition) is 1. The molecule has 0 spiro atoms. The summed E-state index contributed by atoms with van der Waals surface area (Å²) < 4.78 is 95.8. The molecule has 1 fully saturated rings. The van der Waals surface area contributed by atoms with E-state index in [1.165, 1.54) is 13.2 Å². The SMILES string of the molecule is COC(=O)c1ccc2c3c([nH]c2c1)[C@H](c1c(F)cc(O[C@H]2CCN(CCCF)C2)cc1F)N(CC(F)(F)F)[C@H](C)C3. The molecule has 1 aromatic heterocycles. The van der Waals surface area contributed by atoms with E-state index < -0.39 is 54.6 Å². The quantitative estimate of drug-likeness (QED) is 0.263. The molecule has 0 bridgehead atoms. The van der Waals surface area contributed by atoms with Crippen LogP contribution in [-0.4, -0.2) is 79.0 Å². The van der Waals surface area contributed by atoms with E-state index in [1.54, 1.807) is 19.1 Å². The Balaban J connectivity index is 1.53. The summed E-state index contributed by atoms with van der Waals surface area (Å²) in [6.45, 7) is 1.48. The summed E-state index contributed by atoms with van der Waals surface area (Å²) >= 11 is 0. The monoisotopic (exact) mass is 583 g/mol. The van der Waals surface area contributed by atoms with Gasteiger partial charge in [-0.25, -0.2) is 13.6 Å². The fourth-order valence-corrected chi connectivity index (χ4v) is 6.03.